The van der Waals surface area contributed by atoms with Gasteiger partial charge in [-0.2, -0.15) is 9.31 Å². The molecule has 1 spiro atoms. The van der Waals surface area contributed by atoms with E-state index in [9.17, 15) is 22.8 Å². The zero-order valence-corrected chi connectivity index (χ0v) is 20.2. The van der Waals surface area contributed by atoms with Gasteiger partial charge < -0.3 is 10.6 Å². The quantitative estimate of drug-likeness (QED) is 0.462. The number of benzene rings is 1. The average Bonchev–Trinajstić information content (AvgIpc) is 3.02. The summed E-state index contributed by atoms with van der Waals surface area (Å²) in [4.78, 5) is 37.6. The van der Waals surface area contributed by atoms with Gasteiger partial charge in [0.25, 0.3) is 11.8 Å². The molecule has 1 saturated carbocycles. The van der Waals surface area contributed by atoms with Crippen LogP contribution in [0.5, 0.6) is 0 Å². The molecule has 1 aliphatic carbocycles. The number of sulfonamides is 1. The summed E-state index contributed by atoms with van der Waals surface area (Å²) in [6.45, 7) is 6.09. The van der Waals surface area contributed by atoms with Crippen LogP contribution in [0, 0.1) is 0 Å². The molecule has 182 valence electrons. The number of hydrogen-bond donors (Lipinski definition) is 3. The predicted molar refractivity (Wildman–Crippen MR) is 122 cm³/mol. The SMILES string of the molecule is CCN(CC)S(=O)(=O)c1ccc(C(C)NCC(=O)NN2C(=O)NC3(CCCCC3)C2=O)cc1. The minimum absolute atomic E-state index is 0.120. The molecule has 4 amide bonds. The van der Waals surface area contributed by atoms with Gasteiger partial charge >= 0.3 is 6.03 Å². The normalized spacial score (nSPS) is 19.1. The summed E-state index contributed by atoms with van der Waals surface area (Å²) in [5.41, 5.74) is 2.31. The lowest BCUT2D eigenvalue weighted by molar-refractivity contribution is -0.139. The fourth-order valence-electron chi connectivity index (χ4n) is 4.38. The second-order valence-electron chi connectivity index (χ2n) is 8.51. The zero-order chi connectivity index (χ0) is 24.2. The molecule has 1 heterocycles. The fourth-order valence-corrected chi connectivity index (χ4v) is 5.84. The number of carbonyl (C=O) groups is 3. The second kappa shape index (κ2) is 10.2. The highest BCUT2D eigenvalue weighted by Crippen LogP contribution is 2.33. The third-order valence-electron chi connectivity index (χ3n) is 6.40. The van der Waals surface area contributed by atoms with Crippen LogP contribution in [-0.2, 0) is 19.6 Å². The highest BCUT2D eigenvalue weighted by molar-refractivity contribution is 7.89. The van der Waals surface area contributed by atoms with E-state index in [1.165, 1.54) is 4.31 Å². The molecule has 2 fully saturated rings. The number of imide groups is 1. The molecule has 1 aliphatic heterocycles. The van der Waals surface area contributed by atoms with E-state index in [0.29, 0.717) is 25.9 Å². The van der Waals surface area contributed by atoms with Crippen LogP contribution in [0.3, 0.4) is 0 Å². The maximum Gasteiger partial charge on any atom is 0.344 e. The first-order valence-electron chi connectivity index (χ1n) is 11.4. The molecule has 1 atom stereocenters. The van der Waals surface area contributed by atoms with Gasteiger partial charge in [0.1, 0.15) is 5.54 Å². The molecule has 1 aromatic rings. The summed E-state index contributed by atoms with van der Waals surface area (Å²) in [5.74, 6) is -0.919. The number of carbonyl (C=O) groups excluding carboxylic acids is 3. The Morgan fingerprint density at radius 2 is 1.73 bits per heavy atom. The predicted octanol–water partition coefficient (Wildman–Crippen LogP) is 1.65. The van der Waals surface area contributed by atoms with Crippen molar-refractivity contribution >= 4 is 27.9 Å². The molecule has 33 heavy (non-hydrogen) atoms. The Kier molecular flexibility index (Phi) is 7.76. The summed E-state index contributed by atoms with van der Waals surface area (Å²) >= 11 is 0. The highest BCUT2D eigenvalue weighted by Gasteiger charge is 2.52. The van der Waals surface area contributed by atoms with Gasteiger partial charge in [-0.25, -0.2) is 13.2 Å². The Labute approximate surface area is 195 Å². The molecule has 10 nitrogen and oxygen atoms in total. The van der Waals surface area contributed by atoms with Crippen LogP contribution in [0.1, 0.15) is 64.5 Å². The maximum absolute atomic E-state index is 12.7. The molecule has 3 N–H and O–H groups in total. The van der Waals surface area contributed by atoms with Crippen molar-refractivity contribution < 1.29 is 22.8 Å². The number of nitrogens with zero attached hydrogens (tertiary/aromatic N) is 2. The summed E-state index contributed by atoms with van der Waals surface area (Å²) in [5, 5.41) is 6.57. The van der Waals surface area contributed by atoms with Crippen LogP contribution < -0.4 is 16.1 Å². The fraction of sp³-hybridized carbons (Fsp3) is 0.591. The zero-order valence-electron chi connectivity index (χ0n) is 19.4. The van der Waals surface area contributed by atoms with Crippen molar-refractivity contribution in [3.63, 3.8) is 0 Å². The van der Waals surface area contributed by atoms with Gasteiger partial charge in [-0.05, 0) is 37.5 Å². The summed E-state index contributed by atoms with van der Waals surface area (Å²) in [6, 6.07) is 5.66. The van der Waals surface area contributed by atoms with Crippen molar-refractivity contribution in [3.8, 4) is 0 Å². The van der Waals surface area contributed by atoms with Crippen molar-refractivity contribution in [1.29, 1.82) is 0 Å². The molecule has 11 heteroatoms. The van der Waals surface area contributed by atoms with Crippen LogP contribution >= 0.6 is 0 Å². The lowest BCUT2D eigenvalue weighted by Crippen LogP contribution is -2.52. The highest BCUT2D eigenvalue weighted by atomic mass is 32.2. The van der Waals surface area contributed by atoms with Gasteiger partial charge in [-0.15, -0.1) is 0 Å². The maximum atomic E-state index is 12.7. The Morgan fingerprint density at radius 1 is 1.12 bits per heavy atom. The molecule has 2 aliphatic rings. The molecular weight excluding hydrogens is 446 g/mol. The molecule has 0 aromatic heterocycles. The Morgan fingerprint density at radius 3 is 2.30 bits per heavy atom. The number of amides is 4. The molecule has 1 aromatic carbocycles. The minimum Gasteiger partial charge on any atom is -0.322 e. The summed E-state index contributed by atoms with van der Waals surface area (Å²) in [7, 11) is -3.53. The lowest BCUT2D eigenvalue weighted by atomic mass is 9.82. The molecule has 1 saturated heterocycles. The van der Waals surface area contributed by atoms with Crippen molar-refractivity contribution in [3.05, 3.63) is 29.8 Å². The molecular formula is C22H33N5O5S. The molecule has 0 bridgehead atoms. The standard InChI is InChI=1S/C22H33N5O5S/c1-4-26(5-2)33(31,32)18-11-9-17(10-12-18)16(3)23-15-19(28)25-27-20(29)22(24-21(27)30)13-7-6-8-14-22/h9-12,16,23H,4-8,13-15H2,1-3H3,(H,24,30)(H,25,28). The Hall–Kier alpha value is -2.50. The third kappa shape index (κ3) is 5.20. The largest absolute Gasteiger partial charge is 0.344 e. The van der Waals surface area contributed by atoms with Gasteiger partial charge in [0.05, 0.1) is 11.4 Å². The van der Waals surface area contributed by atoms with Crippen LogP contribution in [0.25, 0.3) is 0 Å². The lowest BCUT2D eigenvalue weighted by Gasteiger charge is -2.30. The van der Waals surface area contributed by atoms with E-state index in [-0.39, 0.29) is 17.5 Å². The average molecular weight is 480 g/mol. The van der Waals surface area contributed by atoms with Crippen LogP contribution in [0.4, 0.5) is 4.79 Å². The molecule has 1 unspecified atom stereocenters. The molecule has 0 radical (unpaired) electrons. The van der Waals surface area contributed by atoms with Gasteiger partial charge in [-0.3, -0.25) is 15.0 Å². The first-order valence-corrected chi connectivity index (χ1v) is 12.9. The number of rotatable bonds is 9. The van der Waals surface area contributed by atoms with E-state index < -0.39 is 33.4 Å². The van der Waals surface area contributed by atoms with E-state index >= 15 is 0 Å². The third-order valence-corrected chi connectivity index (χ3v) is 8.46. The van der Waals surface area contributed by atoms with E-state index in [1.807, 2.05) is 6.92 Å². The monoisotopic (exact) mass is 479 g/mol. The van der Waals surface area contributed by atoms with Gasteiger partial charge in [0.2, 0.25) is 10.0 Å². The minimum atomic E-state index is -3.53. The Bertz CT molecular complexity index is 985. The van der Waals surface area contributed by atoms with Crippen LogP contribution in [0.15, 0.2) is 29.2 Å². The Balaban J connectivity index is 1.55. The molecule has 3 rings (SSSR count). The number of nitrogens with one attached hydrogen (secondary N) is 3. The van der Waals surface area contributed by atoms with E-state index in [1.54, 1.807) is 38.1 Å². The first-order chi connectivity index (χ1) is 15.6. The van der Waals surface area contributed by atoms with Gasteiger partial charge in [0, 0.05) is 19.1 Å². The smallest absolute Gasteiger partial charge is 0.322 e. The number of urea groups is 1. The summed E-state index contributed by atoms with van der Waals surface area (Å²) in [6.07, 6.45) is 3.92. The second-order valence-corrected chi connectivity index (χ2v) is 10.4. The topological polar surface area (TPSA) is 128 Å². The van der Waals surface area contributed by atoms with Gasteiger partial charge in [0.15, 0.2) is 0 Å². The van der Waals surface area contributed by atoms with Crippen molar-refractivity contribution in [2.75, 3.05) is 19.6 Å². The van der Waals surface area contributed by atoms with E-state index in [2.05, 4.69) is 16.1 Å². The summed E-state index contributed by atoms with van der Waals surface area (Å²) < 4.78 is 26.6. The van der Waals surface area contributed by atoms with E-state index in [4.69, 9.17) is 0 Å². The first kappa shape index (κ1) is 25.1. The number of hydrazine groups is 1. The van der Waals surface area contributed by atoms with Gasteiger partial charge in [-0.1, -0.05) is 45.2 Å². The van der Waals surface area contributed by atoms with Crippen LogP contribution in [0.2, 0.25) is 0 Å². The van der Waals surface area contributed by atoms with Crippen molar-refractivity contribution in [2.45, 2.75) is 69.4 Å². The van der Waals surface area contributed by atoms with Crippen molar-refractivity contribution in [2.24, 2.45) is 0 Å². The van der Waals surface area contributed by atoms with E-state index in [0.717, 1.165) is 29.8 Å². The van der Waals surface area contributed by atoms with Crippen molar-refractivity contribution in [1.82, 2.24) is 25.4 Å². The number of hydrogen-bond acceptors (Lipinski definition) is 6. The van der Waals surface area contributed by atoms with Crippen LogP contribution in [-0.4, -0.2) is 60.8 Å².